The summed E-state index contributed by atoms with van der Waals surface area (Å²) in [4.78, 5) is 4.58. The van der Waals surface area contributed by atoms with Gasteiger partial charge in [-0.3, -0.25) is 0 Å². The molecule has 0 bridgehead atoms. The zero-order valence-electron chi connectivity index (χ0n) is 17.6. The van der Waals surface area contributed by atoms with E-state index in [4.69, 9.17) is 4.52 Å². The number of hydrogen-bond acceptors (Lipinski definition) is 4. The Morgan fingerprint density at radius 3 is 2.25 bits per heavy atom. The number of rotatable bonds is 13. The van der Waals surface area contributed by atoms with Gasteiger partial charge in [0.2, 0.25) is 11.7 Å². The molecule has 154 valence electrons. The van der Waals surface area contributed by atoms with Crippen molar-refractivity contribution in [2.24, 2.45) is 0 Å². The molecule has 1 atom stereocenters. The van der Waals surface area contributed by atoms with Gasteiger partial charge in [0.05, 0.1) is 6.04 Å². The van der Waals surface area contributed by atoms with Crippen molar-refractivity contribution in [3.8, 4) is 11.4 Å². The fourth-order valence-electron chi connectivity index (χ4n) is 4.03. The molecule has 1 fully saturated rings. The van der Waals surface area contributed by atoms with Crippen LogP contribution in [-0.4, -0.2) is 16.7 Å². The Morgan fingerprint density at radius 2 is 1.61 bits per heavy atom. The van der Waals surface area contributed by atoms with E-state index in [9.17, 15) is 0 Å². The zero-order valence-corrected chi connectivity index (χ0v) is 17.6. The van der Waals surface area contributed by atoms with E-state index in [-0.39, 0.29) is 6.04 Å². The van der Waals surface area contributed by atoms with Crippen molar-refractivity contribution in [3.05, 3.63) is 35.7 Å². The van der Waals surface area contributed by atoms with E-state index in [0.717, 1.165) is 24.4 Å². The Morgan fingerprint density at radius 1 is 0.929 bits per heavy atom. The van der Waals surface area contributed by atoms with Crippen LogP contribution in [-0.2, 0) is 6.42 Å². The van der Waals surface area contributed by atoms with Gasteiger partial charge in [-0.15, -0.1) is 0 Å². The Bertz CT molecular complexity index is 659. The molecule has 2 aromatic rings. The zero-order chi connectivity index (χ0) is 19.4. The van der Waals surface area contributed by atoms with Crippen LogP contribution in [0.4, 0.5) is 0 Å². The summed E-state index contributed by atoms with van der Waals surface area (Å²) in [7, 11) is 0. The van der Waals surface area contributed by atoms with Crippen molar-refractivity contribution in [2.75, 3.05) is 6.54 Å². The first-order chi connectivity index (χ1) is 13.9. The van der Waals surface area contributed by atoms with Crippen LogP contribution in [0.5, 0.6) is 0 Å². The molecule has 0 amide bonds. The summed E-state index contributed by atoms with van der Waals surface area (Å²) < 4.78 is 5.45. The van der Waals surface area contributed by atoms with Gasteiger partial charge >= 0.3 is 0 Å². The van der Waals surface area contributed by atoms with Crippen LogP contribution in [0, 0.1) is 0 Å². The van der Waals surface area contributed by atoms with Crippen LogP contribution < -0.4 is 5.32 Å². The van der Waals surface area contributed by atoms with Crippen molar-refractivity contribution in [1.29, 1.82) is 0 Å². The maximum absolute atomic E-state index is 5.45. The van der Waals surface area contributed by atoms with Gasteiger partial charge in [0.1, 0.15) is 0 Å². The third-order valence-corrected chi connectivity index (χ3v) is 5.83. The lowest BCUT2D eigenvalue weighted by atomic mass is 10.0. The molecule has 1 aromatic heterocycles. The van der Waals surface area contributed by atoms with E-state index < -0.39 is 0 Å². The van der Waals surface area contributed by atoms with Gasteiger partial charge in [0, 0.05) is 5.56 Å². The number of unbranched alkanes of at least 4 members (excludes halogenated alkanes) is 9. The number of benzene rings is 1. The lowest BCUT2D eigenvalue weighted by molar-refractivity contribution is 0.345. The van der Waals surface area contributed by atoms with E-state index in [2.05, 4.69) is 46.6 Å². The fraction of sp³-hybridized carbons (Fsp3) is 0.667. The molecule has 0 unspecified atom stereocenters. The minimum atomic E-state index is 0.233. The second kappa shape index (κ2) is 12.0. The third kappa shape index (κ3) is 6.73. The van der Waals surface area contributed by atoms with Crippen LogP contribution >= 0.6 is 0 Å². The maximum Gasteiger partial charge on any atom is 0.244 e. The van der Waals surface area contributed by atoms with Gasteiger partial charge in [-0.25, -0.2) is 0 Å². The molecule has 0 aliphatic carbocycles. The monoisotopic (exact) mass is 383 g/mol. The van der Waals surface area contributed by atoms with Crippen molar-refractivity contribution in [1.82, 2.24) is 15.5 Å². The fourth-order valence-corrected chi connectivity index (χ4v) is 4.03. The van der Waals surface area contributed by atoms with Crippen LogP contribution in [0.15, 0.2) is 28.8 Å². The molecule has 0 spiro atoms. The molecule has 2 heterocycles. The summed E-state index contributed by atoms with van der Waals surface area (Å²) in [5.41, 5.74) is 2.45. The van der Waals surface area contributed by atoms with Gasteiger partial charge in [0.15, 0.2) is 0 Å². The van der Waals surface area contributed by atoms with Crippen LogP contribution in [0.25, 0.3) is 11.4 Å². The smallest absolute Gasteiger partial charge is 0.244 e. The van der Waals surface area contributed by atoms with E-state index in [1.54, 1.807) is 0 Å². The van der Waals surface area contributed by atoms with E-state index in [1.807, 2.05) is 0 Å². The van der Waals surface area contributed by atoms with Crippen molar-refractivity contribution in [2.45, 2.75) is 96.4 Å². The first-order valence-corrected chi connectivity index (χ1v) is 11.5. The van der Waals surface area contributed by atoms with Crippen LogP contribution in [0.3, 0.4) is 0 Å². The average Bonchev–Trinajstić information content (AvgIpc) is 3.42. The van der Waals surface area contributed by atoms with Crippen molar-refractivity contribution in [3.63, 3.8) is 0 Å². The first kappa shape index (κ1) is 21.0. The van der Waals surface area contributed by atoms with E-state index in [1.165, 1.54) is 82.6 Å². The van der Waals surface area contributed by atoms with Crippen LogP contribution in [0.2, 0.25) is 0 Å². The lowest BCUT2D eigenvalue weighted by Gasteiger charge is -2.04. The van der Waals surface area contributed by atoms with Crippen molar-refractivity contribution < 1.29 is 4.52 Å². The highest BCUT2D eigenvalue weighted by molar-refractivity contribution is 5.54. The molecule has 1 aliphatic heterocycles. The third-order valence-electron chi connectivity index (χ3n) is 5.83. The Labute approximate surface area is 170 Å². The molecule has 0 saturated carbocycles. The van der Waals surface area contributed by atoms with Crippen molar-refractivity contribution >= 4 is 0 Å². The summed E-state index contributed by atoms with van der Waals surface area (Å²) in [6, 6.07) is 8.92. The quantitative estimate of drug-likeness (QED) is 0.395. The maximum atomic E-state index is 5.45. The number of aryl methyl sites for hydroxylation is 1. The number of aromatic nitrogens is 2. The van der Waals surface area contributed by atoms with Gasteiger partial charge < -0.3 is 9.84 Å². The number of hydrogen-bond donors (Lipinski definition) is 1. The molecule has 1 aromatic carbocycles. The molecule has 0 radical (unpaired) electrons. The Balaban J connectivity index is 1.31. The molecule has 1 N–H and O–H groups in total. The minimum Gasteiger partial charge on any atom is -0.337 e. The van der Waals surface area contributed by atoms with E-state index >= 15 is 0 Å². The minimum absolute atomic E-state index is 0.233. The summed E-state index contributed by atoms with van der Waals surface area (Å²) >= 11 is 0. The number of nitrogens with zero attached hydrogens (tertiary/aromatic N) is 2. The van der Waals surface area contributed by atoms with E-state index in [0.29, 0.717) is 5.82 Å². The Kier molecular flexibility index (Phi) is 9.02. The van der Waals surface area contributed by atoms with Gasteiger partial charge in [0.25, 0.3) is 0 Å². The predicted molar refractivity (Wildman–Crippen MR) is 115 cm³/mol. The molecule has 3 rings (SSSR count). The second-order valence-corrected chi connectivity index (χ2v) is 8.23. The molecule has 4 heteroatoms. The Hall–Kier alpha value is -1.68. The van der Waals surface area contributed by atoms with Gasteiger partial charge in [-0.05, 0) is 37.8 Å². The predicted octanol–water partition coefficient (Wildman–Crippen LogP) is 6.62. The van der Waals surface area contributed by atoms with Crippen LogP contribution in [0.1, 0.15) is 101 Å². The normalized spacial score (nSPS) is 16.7. The second-order valence-electron chi connectivity index (χ2n) is 8.23. The summed E-state index contributed by atoms with van der Waals surface area (Å²) in [5.74, 6) is 1.43. The molecule has 4 nitrogen and oxygen atoms in total. The summed E-state index contributed by atoms with van der Waals surface area (Å²) in [6.07, 6.45) is 17.3. The standard InChI is InChI=1S/C24H37N3O/c1-2-3-4-5-6-7-8-9-10-11-13-20-15-17-21(18-16-20)23-26-24(28-27-23)22-14-12-19-25-22/h15-18,22,25H,2-14,19H2,1H3/t22-/m0/s1. The lowest BCUT2D eigenvalue weighted by Crippen LogP contribution is -2.12. The highest BCUT2D eigenvalue weighted by atomic mass is 16.5. The van der Waals surface area contributed by atoms with Gasteiger partial charge in [-0.2, -0.15) is 4.98 Å². The largest absolute Gasteiger partial charge is 0.337 e. The highest BCUT2D eigenvalue weighted by Crippen LogP contribution is 2.24. The SMILES string of the molecule is CCCCCCCCCCCCc1ccc(-c2noc([C@@H]3CCCN3)n2)cc1. The van der Waals surface area contributed by atoms with Gasteiger partial charge in [-0.1, -0.05) is 94.1 Å². The first-order valence-electron chi connectivity index (χ1n) is 11.5. The molecule has 1 aliphatic rings. The highest BCUT2D eigenvalue weighted by Gasteiger charge is 2.22. The average molecular weight is 384 g/mol. The molecule has 28 heavy (non-hydrogen) atoms. The molecule has 1 saturated heterocycles. The number of nitrogens with one attached hydrogen (secondary N) is 1. The summed E-state index contributed by atoms with van der Waals surface area (Å²) in [5, 5.41) is 7.56. The molecular weight excluding hydrogens is 346 g/mol. The topological polar surface area (TPSA) is 51.0 Å². The summed E-state index contributed by atoms with van der Waals surface area (Å²) in [6.45, 7) is 3.32. The molecular formula is C24H37N3O.